The number of likely N-dealkylation sites (tertiary alicyclic amines) is 1. The monoisotopic (exact) mass is 1610 g/mol. The number of thioether (sulfide) groups is 3. The summed E-state index contributed by atoms with van der Waals surface area (Å²) < 4.78 is 24.2. The molecule has 5 amide bonds. The van der Waals surface area contributed by atoms with Gasteiger partial charge in [0, 0.05) is 156 Å². The Labute approximate surface area is 674 Å². The standard InChI is InChI=1S/C82H118N14O12S3Si/c1-52-41-64-72(66(97)44-65(74(64)101)92-76(102)53(2)19-16-24-67(105-8)75(108-78(83)104)55(4)43-54(3)73(100)68(42-52)106-9)85-33-18-32-84-70(98)25-17-34-96-71(99)45-69(77(96)103)111-51-61-31-40-95-39-30-60(90-81(95)91-61)50-110-49-59-29-38-94-37-28-58(88-80(94)89-59)48-109-47-57-27-36-93-35-26-56(86-79(93)87-57)46-107-112(82(5,6)7,62-20-12-10-13-21-62)63-22-14-11-15-23-63/h10-16,19-24,43-44,52,54,56-61,67-69,73,75,85,100H,17-18,25-42,45-51H2,1-9H3,(H2,83,104)(H,84,98)(H,86,87)(H,88,89)(H,90,91)(H,92,102)/b24-16-,53-19+,55-43+/t52-,54+,56-,57-,58-,59-,60-,61-,67+,68+,69?,73-,75+/m1/s1. The quantitative estimate of drug-likeness (QED) is 0.0161. The van der Waals surface area contributed by atoms with Crippen LogP contribution in [0.5, 0.6) is 0 Å². The number of Topliss-reactive ketones (excluding diaryl/α,β-unsaturated/α-hetero) is 1. The third kappa shape index (κ3) is 22.1. The zero-order valence-electron chi connectivity index (χ0n) is 66.6. The summed E-state index contributed by atoms with van der Waals surface area (Å²) in [4.78, 5) is 118. The number of nitrogens with one attached hydrogen (secondary N) is 6. The van der Waals surface area contributed by atoms with Gasteiger partial charge in [-0.05, 0) is 105 Å². The van der Waals surface area contributed by atoms with E-state index in [1.807, 2.05) is 30.4 Å². The molecule has 610 valence electrons. The van der Waals surface area contributed by atoms with E-state index in [-0.39, 0.29) is 115 Å². The maximum absolute atomic E-state index is 14.3. The molecular weight excluding hydrogens is 1500 g/mol. The number of primary amides is 1. The lowest BCUT2D eigenvalue weighted by atomic mass is 9.85. The van der Waals surface area contributed by atoms with Gasteiger partial charge in [0.15, 0.2) is 24.0 Å². The number of amides is 5. The average molecular weight is 1620 g/mol. The molecule has 4 saturated heterocycles. The van der Waals surface area contributed by atoms with Gasteiger partial charge in [0.1, 0.15) is 6.10 Å². The normalized spacial score (nSPS) is 28.9. The van der Waals surface area contributed by atoms with E-state index in [9.17, 15) is 38.7 Å². The molecule has 0 spiro atoms. The number of carbonyl (C=O) groups excluding carboxylic acids is 7. The molecule has 0 saturated carbocycles. The molecule has 2 aromatic carbocycles. The van der Waals surface area contributed by atoms with Gasteiger partial charge in [-0.25, -0.2) is 19.8 Å². The number of allylic oxidation sites excluding steroid dienone is 4. The highest BCUT2D eigenvalue weighted by atomic mass is 32.2. The van der Waals surface area contributed by atoms with Crippen LogP contribution in [0.1, 0.15) is 126 Å². The zero-order valence-corrected chi connectivity index (χ0v) is 70.1. The van der Waals surface area contributed by atoms with Gasteiger partial charge in [0.05, 0.1) is 53.6 Å². The van der Waals surface area contributed by atoms with E-state index in [1.165, 1.54) is 60.3 Å². The maximum Gasteiger partial charge on any atom is 0.405 e. The van der Waals surface area contributed by atoms with Gasteiger partial charge in [-0.2, -0.15) is 23.5 Å². The molecule has 26 nitrogen and oxygen atoms in total. The summed E-state index contributed by atoms with van der Waals surface area (Å²) in [6, 6.07) is 23.2. The molecule has 11 rings (SSSR count). The number of fused-ring (bicyclic) bond motifs is 5. The zero-order chi connectivity index (χ0) is 79.6. The van der Waals surface area contributed by atoms with Crippen molar-refractivity contribution in [2.24, 2.45) is 32.5 Å². The van der Waals surface area contributed by atoms with Gasteiger partial charge >= 0.3 is 6.09 Å². The Balaban J connectivity index is 0.576. The Morgan fingerprint density at radius 2 is 1.28 bits per heavy atom. The summed E-state index contributed by atoms with van der Waals surface area (Å²) in [7, 11) is 0.236. The third-order valence-electron chi connectivity index (χ3n) is 22.7. The van der Waals surface area contributed by atoms with Crippen molar-refractivity contribution >= 4 is 113 Å². The molecule has 1 aliphatic carbocycles. The molecule has 0 aromatic heterocycles. The van der Waals surface area contributed by atoms with Crippen molar-refractivity contribution in [3.63, 3.8) is 0 Å². The van der Waals surface area contributed by atoms with Gasteiger partial charge in [-0.15, -0.1) is 11.8 Å². The lowest BCUT2D eigenvalue weighted by Crippen LogP contribution is -2.67. The number of hydrogen-bond acceptors (Lipinski definition) is 25. The van der Waals surface area contributed by atoms with Crippen LogP contribution in [0.25, 0.3) is 0 Å². The number of imide groups is 1. The summed E-state index contributed by atoms with van der Waals surface area (Å²) >= 11 is 5.50. The topological polar surface area (TPSA) is 325 Å². The minimum Gasteiger partial charge on any atom is -0.439 e. The second-order valence-corrected chi connectivity index (χ2v) is 39.9. The summed E-state index contributed by atoms with van der Waals surface area (Å²) in [5, 5.41) is 33.7. The summed E-state index contributed by atoms with van der Waals surface area (Å²) in [5.41, 5.74) is 6.22. The SMILES string of the molecule is CO[C@H]1/C=C\C=C(/C)C(=O)NC2=CC(=O)C(NCCCNC(=O)CCCN3C(=O)CC(SC[C@H]4CCN5CC[C@H](CSC[C@H]6CCN7CC[C@H](CSC[C@H]8CCN9CC[C@H](CO[Si](c%10ccccc%10)(c%10ccccc%10)C(C)(C)C)N=C9N8)N=C7N6)NC5=N4)C3=O)=C(C[C@@H](C)C[C@H](OC)[C@H](O)[C@@H](C)/C=C(\C)[C@@H]1OC(N)=O)C2=O. The Kier molecular flexibility index (Phi) is 30.7. The number of aliphatic hydroxyl groups is 1. The molecule has 4 fully saturated rings. The van der Waals surface area contributed by atoms with Crippen LogP contribution >= 0.6 is 35.3 Å². The van der Waals surface area contributed by atoms with E-state index in [0.29, 0.717) is 48.9 Å². The molecule has 2 bridgehead atoms. The van der Waals surface area contributed by atoms with E-state index in [1.54, 1.807) is 26.0 Å². The van der Waals surface area contributed by atoms with Crippen LogP contribution in [0.3, 0.4) is 0 Å². The van der Waals surface area contributed by atoms with E-state index < -0.39 is 67.5 Å². The summed E-state index contributed by atoms with van der Waals surface area (Å²) in [6.07, 6.45) is 10.2. The van der Waals surface area contributed by atoms with Crippen molar-refractivity contribution in [2.75, 3.05) is 108 Å². The smallest absolute Gasteiger partial charge is 0.405 e. The highest BCUT2D eigenvalue weighted by Crippen LogP contribution is 2.38. The van der Waals surface area contributed by atoms with Crippen LogP contribution in [0.4, 0.5) is 4.79 Å². The number of rotatable bonds is 28. The average Bonchev–Trinajstić information content (AvgIpc) is 0.872. The number of ketones is 2. The minimum atomic E-state index is -2.66. The van der Waals surface area contributed by atoms with E-state index >= 15 is 0 Å². The van der Waals surface area contributed by atoms with Gasteiger partial charge in [-0.3, -0.25) is 33.7 Å². The van der Waals surface area contributed by atoms with Crippen LogP contribution in [-0.2, 0) is 47.4 Å². The number of methoxy groups -OCH3 is 2. The van der Waals surface area contributed by atoms with Gasteiger partial charge < -0.3 is 76.1 Å². The molecule has 112 heavy (non-hydrogen) atoms. The number of ether oxygens (including phenoxy) is 3. The van der Waals surface area contributed by atoms with Gasteiger partial charge in [-0.1, -0.05) is 120 Å². The number of aliphatic imine (C=N–C) groups is 3. The summed E-state index contributed by atoms with van der Waals surface area (Å²) in [6.45, 7) is 21.0. The highest BCUT2D eigenvalue weighted by molar-refractivity contribution is 8.00. The highest BCUT2D eigenvalue weighted by Gasteiger charge is 2.51. The van der Waals surface area contributed by atoms with Crippen LogP contribution in [0.15, 0.2) is 134 Å². The number of hydrogen-bond donors (Lipinski definition) is 8. The van der Waals surface area contributed by atoms with Crippen molar-refractivity contribution in [2.45, 2.75) is 196 Å². The van der Waals surface area contributed by atoms with Gasteiger partial charge in [0.2, 0.25) is 29.3 Å². The molecule has 8 heterocycles. The predicted molar refractivity (Wildman–Crippen MR) is 447 cm³/mol. The maximum atomic E-state index is 14.3. The Morgan fingerprint density at radius 3 is 1.85 bits per heavy atom. The van der Waals surface area contributed by atoms with Crippen LogP contribution in [0.2, 0.25) is 5.04 Å². The molecule has 30 heteroatoms. The first kappa shape index (κ1) is 85.4. The summed E-state index contributed by atoms with van der Waals surface area (Å²) in [5.74, 6) is 4.39. The fourth-order valence-corrected chi connectivity index (χ4v) is 24.6. The number of nitrogens with two attached hydrogens (primary N) is 1. The predicted octanol–water partition coefficient (Wildman–Crippen LogP) is 5.92. The third-order valence-corrected chi connectivity index (χ3v) is 31.6. The number of benzene rings is 2. The Bertz CT molecular complexity index is 3870. The first-order valence-electron chi connectivity index (χ1n) is 40.1. The van der Waals surface area contributed by atoms with Crippen LogP contribution in [-0.4, -0.2) is 267 Å². The molecule has 8 aliphatic heterocycles. The lowest BCUT2D eigenvalue weighted by molar-refractivity contribution is -0.138. The molecule has 2 aromatic rings. The van der Waals surface area contributed by atoms with Crippen molar-refractivity contribution < 1.29 is 57.3 Å². The Hall–Kier alpha value is -7.45. The molecular formula is C82H118N14O12S3Si. The van der Waals surface area contributed by atoms with E-state index in [0.717, 1.165) is 125 Å². The fourth-order valence-electron chi connectivity index (χ4n) is 16.4. The van der Waals surface area contributed by atoms with Crippen molar-refractivity contribution in [3.8, 4) is 0 Å². The number of carbonyl (C=O) groups is 7. The van der Waals surface area contributed by atoms with Crippen LogP contribution in [0, 0.1) is 11.8 Å². The Morgan fingerprint density at radius 1 is 0.714 bits per heavy atom. The van der Waals surface area contributed by atoms with Gasteiger partial charge in [0.25, 0.3) is 14.2 Å². The van der Waals surface area contributed by atoms with Crippen LogP contribution < -0.4 is 48.0 Å². The van der Waals surface area contributed by atoms with Crippen molar-refractivity contribution in [3.05, 3.63) is 119 Å². The first-order valence-corrected chi connectivity index (χ1v) is 45.4. The molecule has 9 aliphatic rings. The van der Waals surface area contributed by atoms with E-state index in [2.05, 4.69) is 128 Å². The first-order chi connectivity index (χ1) is 53.9. The fraction of sp³-hybridized carbons (Fsp3) is 0.610. The molecule has 13 atom stereocenters. The number of nitrogens with zero attached hydrogens (tertiary/aromatic N) is 7. The second-order valence-electron chi connectivity index (χ2n) is 32.2. The van der Waals surface area contributed by atoms with E-state index in [4.69, 9.17) is 39.3 Å². The second kappa shape index (κ2) is 40.2. The molecule has 0 radical (unpaired) electrons. The molecule has 1 unspecified atom stereocenters. The molecule has 9 N–H and O–H groups in total. The largest absolute Gasteiger partial charge is 0.439 e. The number of guanidine groups is 3. The lowest BCUT2D eigenvalue weighted by Gasteiger charge is -2.44. The minimum absolute atomic E-state index is 0.0145. The van der Waals surface area contributed by atoms with Crippen molar-refractivity contribution in [1.29, 1.82) is 0 Å². The van der Waals surface area contributed by atoms with Crippen molar-refractivity contribution in [1.82, 2.24) is 51.5 Å². The number of aliphatic hydroxyl groups excluding tert-OH is 1.